The van der Waals surface area contributed by atoms with Crippen LogP contribution in [-0.2, 0) is 10.8 Å². The van der Waals surface area contributed by atoms with E-state index in [1.165, 1.54) is 0 Å². The maximum atomic E-state index is 11.8. The van der Waals surface area contributed by atoms with Crippen molar-refractivity contribution >= 4 is 22.5 Å². The summed E-state index contributed by atoms with van der Waals surface area (Å²) in [4.78, 5) is 12.4. The molecule has 1 fully saturated rings. The molecule has 2 rings (SSSR count). The van der Waals surface area contributed by atoms with Gasteiger partial charge in [0.15, 0.2) is 0 Å². The first-order chi connectivity index (χ1) is 9.48. The van der Waals surface area contributed by atoms with Gasteiger partial charge in [0.05, 0.1) is 5.60 Å². The van der Waals surface area contributed by atoms with E-state index in [1.807, 2.05) is 0 Å². The first-order valence-electron chi connectivity index (χ1n) is 6.69. The number of carbonyl (C=O) groups excluding carboxylic acids is 1. The molecular weight excluding hydrogens is 276 g/mol. The molecule has 1 aliphatic rings. The number of urea groups is 1. The van der Waals surface area contributed by atoms with E-state index < -0.39 is 16.4 Å². The summed E-state index contributed by atoms with van der Waals surface area (Å²) in [7, 11) is -1.08. The van der Waals surface area contributed by atoms with E-state index in [2.05, 4.69) is 10.6 Å². The highest BCUT2D eigenvalue weighted by atomic mass is 32.2. The van der Waals surface area contributed by atoms with E-state index in [4.69, 9.17) is 0 Å². The van der Waals surface area contributed by atoms with Gasteiger partial charge in [0.1, 0.15) is 0 Å². The van der Waals surface area contributed by atoms with E-state index in [-0.39, 0.29) is 12.6 Å². The Kier molecular flexibility index (Phi) is 4.77. The molecule has 1 unspecified atom stereocenters. The molecule has 1 saturated carbocycles. The Labute approximate surface area is 121 Å². The minimum atomic E-state index is -1.08. The van der Waals surface area contributed by atoms with Gasteiger partial charge < -0.3 is 15.7 Å². The zero-order chi connectivity index (χ0) is 14.6. The van der Waals surface area contributed by atoms with Crippen LogP contribution in [0.4, 0.5) is 10.5 Å². The second-order valence-electron chi connectivity index (χ2n) is 5.22. The average molecular weight is 296 g/mol. The molecule has 5 nitrogen and oxygen atoms in total. The smallest absolute Gasteiger partial charge is 0.319 e. The van der Waals surface area contributed by atoms with Crippen molar-refractivity contribution in [2.75, 3.05) is 18.1 Å². The first-order valence-corrected chi connectivity index (χ1v) is 8.25. The number of benzene rings is 1. The fraction of sp³-hybridized carbons (Fsp3) is 0.500. The van der Waals surface area contributed by atoms with Crippen LogP contribution < -0.4 is 10.6 Å². The lowest BCUT2D eigenvalue weighted by Crippen LogP contribution is -2.42. The van der Waals surface area contributed by atoms with Gasteiger partial charge in [-0.25, -0.2) is 4.79 Å². The Morgan fingerprint density at radius 2 is 2.10 bits per heavy atom. The molecule has 0 saturated heterocycles. The van der Waals surface area contributed by atoms with Gasteiger partial charge in [-0.1, -0.05) is 18.9 Å². The van der Waals surface area contributed by atoms with Crippen molar-refractivity contribution in [2.24, 2.45) is 0 Å². The van der Waals surface area contributed by atoms with Gasteiger partial charge in [-0.15, -0.1) is 0 Å². The Morgan fingerprint density at radius 1 is 1.40 bits per heavy atom. The molecule has 20 heavy (non-hydrogen) atoms. The van der Waals surface area contributed by atoms with E-state index in [0.29, 0.717) is 10.6 Å². The molecule has 0 radical (unpaired) electrons. The molecule has 2 amide bonds. The van der Waals surface area contributed by atoms with E-state index >= 15 is 0 Å². The number of carbonyl (C=O) groups is 1. The maximum absolute atomic E-state index is 11.8. The topological polar surface area (TPSA) is 78.4 Å². The van der Waals surface area contributed by atoms with Gasteiger partial charge in [-0.3, -0.25) is 4.21 Å². The third-order valence-corrected chi connectivity index (χ3v) is 4.45. The zero-order valence-corrected chi connectivity index (χ0v) is 12.3. The van der Waals surface area contributed by atoms with Gasteiger partial charge in [0, 0.05) is 34.2 Å². The highest BCUT2D eigenvalue weighted by molar-refractivity contribution is 7.84. The van der Waals surface area contributed by atoms with Gasteiger partial charge in [-0.2, -0.15) is 0 Å². The van der Waals surface area contributed by atoms with Crippen LogP contribution >= 0.6 is 0 Å². The van der Waals surface area contributed by atoms with Crippen LogP contribution in [-0.4, -0.2) is 33.7 Å². The lowest BCUT2D eigenvalue weighted by atomic mass is 10.0. The summed E-state index contributed by atoms with van der Waals surface area (Å²) in [6, 6.07) is 6.56. The fourth-order valence-corrected chi connectivity index (χ4v) is 2.95. The van der Waals surface area contributed by atoms with Gasteiger partial charge in [0.2, 0.25) is 0 Å². The SMILES string of the molecule is CS(=O)c1cccc(NC(=O)NCC2(O)CCCC2)c1. The lowest BCUT2D eigenvalue weighted by molar-refractivity contribution is 0.0506. The van der Waals surface area contributed by atoms with Crippen molar-refractivity contribution in [1.82, 2.24) is 5.32 Å². The van der Waals surface area contributed by atoms with E-state index in [9.17, 15) is 14.1 Å². The van der Waals surface area contributed by atoms with Crippen LogP contribution in [0.1, 0.15) is 25.7 Å². The minimum Gasteiger partial charge on any atom is -0.388 e. The Morgan fingerprint density at radius 3 is 2.75 bits per heavy atom. The Hall–Kier alpha value is -1.40. The highest BCUT2D eigenvalue weighted by Crippen LogP contribution is 2.28. The normalized spacial score (nSPS) is 18.5. The maximum Gasteiger partial charge on any atom is 0.319 e. The quantitative estimate of drug-likeness (QED) is 0.793. The summed E-state index contributed by atoms with van der Waals surface area (Å²) in [5.74, 6) is 0. The summed E-state index contributed by atoms with van der Waals surface area (Å²) < 4.78 is 11.4. The van der Waals surface area contributed by atoms with Gasteiger partial charge in [0.25, 0.3) is 0 Å². The molecule has 0 aliphatic heterocycles. The number of nitrogens with one attached hydrogen (secondary N) is 2. The second kappa shape index (κ2) is 6.37. The van der Waals surface area contributed by atoms with Crippen molar-refractivity contribution in [1.29, 1.82) is 0 Å². The van der Waals surface area contributed by atoms with Crippen molar-refractivity contribution in [3.8, 4) is 0 Å². The van der Waals surface area contributed by atoms with Crippen LogP contribution in [0.25, 0.3) is 0 Å². The van der Waals surface area contributed by atoms with Gasteiger partial charge in [-0.05, 0) is 31.0 Å². The van der Waals surface area contributed by atoms with Crippen LogP contribution in [0.15, 0.2) is 29.2 Å². The highest BCUT2D eigenvalue weighted by Gasteiger charge is 2.31. The van der Waals surface area contributed by atoms with Crippen LogP contribution in [0.5, 0.6) is 0 Å². The monoisotopic (exact) mass is 296 g/mol. The molecule has 1 atom stereocenters. The van der Waals surface area contributed by atoms with Crippen molar-refractivity contribution in [3.05, 3.63) is 24.3 Å². The van der Waals surface area contributed by atoms with Crippen molar-refractivity contribution in [2.45, 2.75) is 36.2 Å². The molecular formula is C14H20N2O3S. The third kappa shape index (κ3) is 4.05. The summed E-state index contributed by atoms with van der Waals surface area (Å²) in [6.07, 6.45) is 5.07. The molecule has 6 heteroatoms. The molecule has 0 heterocycles. The van der Waals surface area contributed by atoms with Crippen molar-refractivity contribution in [3.63, 3.8) is 0 Å². The fourth-order valence-electron chi connectivity index (χ4n) is 2.38. The number of hydrogen-bond donors (Lipinski definition) is 3. The average Bonchev–Trinajstić information content (AvgIpc) is 2.84. The molecule has 3 N–H and O–H groups in total. The van der Waals surface area contributed by atoms with Crippen molar-refractivity contribution < 1.29 is 14.1 Å². The molecule has 0 spiro atoms. The summed E-state index contributed by atoms with van der Waals surface area (Å²) in [5, 5.41) is 15.5. The van der Waals surface area contributed by atoms with Gasteiger partial charge >= 0.3 is 6.03 Å². The number of anilines is 1. The molecule has 0 aromatic heterocycles. The standard InChI is InChI=1S/C14H20N2O3S/c1-20(19)12-6-4-5-11(9-12)16-13(17)15-10-14(18)7-2-3-8-14/h4-6,9,18H,2-3,7-8,10H2,1H3,(H2,15,16,17). The third-order valence-electron chi connectivity index (χ3n) is 3.54. The summed E-state index contributed by atoms with van der Waals surface area (Å²) >= 11 is 0. The first kappa shape index (κ1) is 15.0. The molecule has 1 aromatic rings. The minimum absolute atomic E-state index is 0.262. The largest absolute Gasteiger partial charge is 0.388 e. The molecule has 110 valence electrons. The van der Waals surface area contributed by atoms with E-state index in [1.54, 1.807) is 30.5 Å². The molecule has 1 aliphatic carbocycles. The van der Waals surface area contributed by atoms with Crippen LogP contribution in [0.2, 0.25) is 0 Å². The lowest BCUT2D eigenvalue weighted by Gasteiger charge is -2.22. The predicted octanol–water partition coefficient (Wildman–Crippen LogP) is 1.85. The summed E-state index contributed by atoms with van der Waals surface area (Å²) in [5.41, 5.74) is -0.169. The predicted molar refractivity (Wildman–Crippen MR) is 79.2 cm³/mol. The number of aliphatic hydroxyl groups is 1. The zero-order valence-electron chi connectivity index (χ0n) is 11.5. The van der Waals surface area contributed by atoms with E-state index in [0.717, 1.165) is 25.7 Å². The van der Waals surface area contributed by atoms with Crippen LogP contribution in [0.3, 0.4) is 0 Å². The number of hydrogen-bond acceptors (Lipinski definition) is 3. The molecule has 1 aromatic carbocycles. The Bertz CT molecular complexity index is 513. The van der Waals surface area contributed by atoms with Crippen LogP contribution in [0, 0.1) is 0 Å². The molecule has 0 bridgehead atoms. The number of rotatable bonds is 4. The number of amides is 2. The Balaban J connectivity index is 1.88. The summed E-state index contributed by atoms with van der Waals surface area (Å²) in [6.45, 7) is 0.262. The second-order valence-corrected chi connectivity index (χ2v) is 6.60.